The van der Waals surface area contributed by atoms with Crippen LogP contribution >= 0.6 is 0 Å². The van der Waals surface area contributed by atoms with Crippen molar-refractivity contribution in [1.82, 2.24) is 9.78 Å². The zero-order chi connectivity index (χ0) is 13.8. The van der Waals surface area contributed by atoms with Gasteiger partial charge in [-0.2, -0.15) is 5.10 Å². The molecular formula is C16H23N3. The third kappa shape index (κ3) is 3.24. The number of nitrogens with zero attached hydrogens (tertiary/aromatic N) is 2. The van der Waals surface area contributed by atoms with E-state index in [1.165, 1.54) is 16.7 Å². The Bertz CT molecular complexity index is 543. The summed E-state index contributed by atoms with van der Waals surface area (Å²) >= 11 is 0. The fourth-order valence-electron chi connectivity index (χ4n) is 2.35. The Morgan fingerprint density at radius 3 is 2.68 bits per heavy atom. The standard InChI is InChI=1S/C16H23N3/c1-4-9-19-16(7-8-18-19)15(17)11-14-6-5-12(2)13(3)10-14/h5-8,10,15H,4,9,11,17H2,1-3H3. The van der Waals surface area contributed by atoms with Crippen LogP contribution in [0.5, 0.6) is 0 Å². The van der Waals surface area contributed by atoms with Crippen molar-refractivity contribution in [3.05, 3.63) is 52.8 Å². The van der Waals surface area contributed by atoms with Gasteiger partial charge in [0.15, 0.2) is 0 Å². The molecule has 1 atom stereocenters. The van der Waals surface area contributed by atoms with E-state index in [4.69, 9.17) is 5.73 Å². The summed E-state index contributed by atoms with van der Waals surface area (Å²) in [5.74, 6) is 0. The van der Waals surface area contributed by atoms with E-state index in [9.17, 15) is 0 Å². The fraction of sp³-hybridized carbons (Fsp3) is 0.438. The Balaban J connectivity index is 2.13. The Morgan fingerprint density at radius 1 is 1.21 bits per heavy atom. The molecule has 0 spiro atoms. The lowest BCUT2D eigenvalue weighted by Crippen LogP contribution is -2.18. The Kier molecular flexibility index (Phi) is 4.38. The average molecular weight is 257 g/mol. The first-order valence-electron chi connectivity index (χ1n) is 6.95. The van der Waals surface area contributed by atoms with E-state index in [2.05, 4.69) is 44.1 Å². The van der Waals surface area contributed by atoms with Gasteiger partial charge in [0.25, 0.3) is 0 Å². The fourth-order valence-corrected chi connectivity index (χ4v) is 2.35. The summed E-state index contributed by atoms with van der Waals surface area (Å²) in [7, 11) is 0. The number of hydrogen-bond donors (Lipinski definition) is 1. The largest absolute Gasteiger partial charge is 0.322 e. The van der Waals surface area contributed by atoms with Crippen LogP contribution < -0.4 is 5.73 Å². The van der Waals surface area contributed by atoms with Crippen molar-refractivity contribution in [2.75, 3.05) is 0 Å². The van der Waals surface area contributed by atoms with Crippen molar-refractivity contribution >= 4 is 0 Å². The number of nitrogens with two attached hydrogens (primary N) is 1. The molecular weight excluding hydrogens is 234 g/mol. The first-order chi connectivity index (χ1) is 9.11. The lowest BCUT2D eigenvalue weighted by molar-refractivity contribution is 0.537. The first-order valence-corrected chi connectivity index (χ1v) is 6.95. The van der Waals surface area contributed by atoms with Crippen LogP contribution in [0.3, 0.4) is 0 Å². The molecule has 2 aromatic rings. The highest BCUT2D eigenvalue weighted by Crippen LogP contribution is 2.18. The van der Waals surface area contributed by atoms with Crippen molar-refractivity contribution in [1.29, 1.82) is 0 Å². The Hall–Kier alpha value is -1.61. The van der Waals surface area contributed by atoms with Crippen LogP contribution in [0.4, 0.5) is 0 Å². The maximum absolute atomic E-state index is 6.33. The third-order valence-corrected chi connectivity index (χ3v) is 3.59. The third-order valence-electron chi connectivity index (χ3n) is 3.59. The molecule has 0 aliphatic heterocycles. The van der Waals surface area contributed by atoms with E-state index in [1.807, 2.05) is 16.9 Å². The number of rotatable bonds is 5. The van der Waals surface area contributed by atoms with Gasteiger partial charge in [-0.15, -0.1) is 0 Å². The second-order valence-electron chi connectivity index (χ2n) is 5.21. The molecule has 1 heterocycles. The normalized spacial score (nSPS) is 12.6. The molecule has 0 bridgehead atoms. The number of hydrogen-bond acceptors (Lipinski definition) is 2. The topological polar surface area (TPSA) is 43.8 Å². The molecule has 0 aliphatic carbocycles. The lowest BCUT2D eigenvalue weighted by atomic mass is 10.00. The van der Waals surface area contributed by atoms with Gasteiger partial charge in [-0.3, -0.25) is 4.68 Å². The van der Waals surface area contributed by atoms with Crippen molar-refractivity contribution in [3.63, 3.8) is 0 Å². The van der Waals surface area contributed by atoms with Crippen molar-refractivity contribution < 1.29 is 0 Å². The molecule has 2 N–H and O–H groups in total. The highest BCUT2D eigenvalue weighted by atomic mass is 15.3. The average Bonchev–Trinajstić information content (AvgIpc) is 2.83. The minimum Gasteiger partial charge on any atom is -0.322 e. The van der Waals surface area contributed by atoms with E-state index in [0.29, 0.717) is 0 Å². The second kappa shape index (κ2) is 6.02. The maximum Gasteiger partial charge on any atom is 0.0554 e. The van der Waals surface area contributed by atoms with Crippen LogP contribution in [0.15, 0.2) is 30.5 Å². The van der Waals surface area contributed by atoms with E-state index in [1.54, 1.807) is 0 Å². The van der Waals surface area contributed by atoms with Gasteiger partial charge in [0.2, 0.25) is 0 Å². The highest BCUT2D eigenvalue weighted by molar-refractivity contribution is 5.31. The number of aromatic nitrogens is 2. The van der Waals surface area contributed by atoms with Crippen LogP contribution in [0, 0.1) is 13.8 Å². The maximum atomic E-state index is 6.33. The number of benzene rings is 1. The van der Waals surface area contributed by atoms with Crippen molar-refractivity contribution in [3.8, 4) is 0 Å². The minimum absolute atomic E-state index is 0.0103. The summed E-state index contributed by atoms with van der Waals surface area (Å²) in [5.41, 5.74) is 11.4. The molecule has 19 heavy (non-hydrogen) atoms. The Morgan fingerprint density at radius 2 is 2.00 bits per heavy atom. The molecule has 1 aromatic heterocycles. The van der Waals surface area contributed by atoms with Gasteiger partial charge in [-0.05, 0) is 49.4 Å². The zero-order valence-corrected chi connectivity index (χ0v) is 12.1. The zero-order valence-electron chi connectivity index (χ0n) is 12.1. The molecule has 2 rings (SSSR count). The Labute approximate surface area is 115 Å². The highest BCUT2D eigenvalue weighted by Gasteiger charge is 2.12. The molecule has 1 aromatic carbocycles. The lowest BCUT2D eigenvalue weighted by Gasteiger charge is -2.15. The molecule has 0 radical (unpaired) electrons. The minimum atomic E-state index is 0.0103. The molecule has 102 valence electrons. The van der Waals surface area contributed by atoms with Crippen molar-refractivity contribution in [2.45, 2.75) is 46.2 Å². The van der Waals surface area contributed by atoms with Gasteiger partial charge in [0.05, 0.1) is 11.7 Å². The van der Waals surface area contributed by atoms with Crippen LogP contribution in [0.25, 0.3) is 0 Å². The second-order valence-corrected chi connectivity index (χ2v) is 5.21. The summed E-state index contributed by atoms with van der Waals surface area (Å²) in [6.07, 6.45) is 3.77. The molecule has 0 saturated heterocycles. The van der Waals surface area contributed by atoms with E-state index >= 15 is 0 Å². The SMILES string of the molecule is CCCn1nccc1C(N)Cc1ccc(C)c(C)c1. The molecule has 0 fully saturated rings. The van der Waals surface area contributed by atoms with Gasteiger partial charge < -0.3 is 5.73 Å². The van der Waals surface area contributed by atoms with Crippen LogP contribution in [0.2, 0.25) is 0 Å². The summed E-state index contributed by atoms with van der Waals surface area (Å²) in [4.78, 5) is 0. The first kappa shape index (κ1) is 13.8. The van der Waals surface area contributed by atoms with Crippen molar-refractivity contribution in [2.24, 2.45) is 5.73 Å². The predicted molar refractivity (Wildman–Crippen MR) is 79.1 cm³/mol. The van der Waals surface area contributed by atoms with Crippen LogP contribution in [0.1, 0.15) is 41.8 Å². The molecule has 0 saturated carbocycles. The van der Waals surface area contributed by atoms with E-state index in [-0.39, 0.29) is 6.04 Å². The summed E-state index contributed by atoms with van der Waals surface area (Å²) in [6.45, 7) is 7.37. The van der Waals surface area contributed by atoms with Gasteiger partial charge in [-0.25, -0.2) is 0 Å². The molecule has 1 unspecified atom stereocenters. The van der Waals surface area contributed by atoms with Crippen LogP contribution in [-0.4, -0.2) is 9.78 Å². The molecule has 3 heteroatoms. The smallest absolute Gasteiger partial charge is 0.0554 e. The van der Waals surface area contributed by atoms with Gasteiger partial charge in [0.1, 0.15) is 0 Å². The van der Waals surface area contributed by atoms with Crippen LogP contribution in [-0.2, 0) is 13.0 Å². The van der Waals surface area contributed by atoms with Gasteiger partial charge in [-0.1, -0.05) is 25.1 Å². The summed E-state index contributed by atoms with van der Waals surface area (Å²) < 4.78 is 2.02. The van der Waals surface area contributed by atoms with E-state index < -0.39 is 0 Å². The van der Waals surface area contributed by atoms with Gasteiger partial charge in [0, 0.05) is 12.7 Å². The molecule has 0 amide bonds. The van der Waals surface area contributed by atoms with Gasteiger partial charge >= 0.3 is 0 Å². The predicted octanol–water partition coefficient (Wildman–Crippen LogP) is 3.15. The summed E-state index contributed by atoms with van der Waals surface area (Å²) in [6, 6.07) is 8.61. The molecule has 3 nitrogen and oxygen atoms in total. The molecule has 0 aliphatic rings. The summed E-state index contributed by atoms with van der Waals surface area (Å²) in [5, 5.41) is 4.34. The van der Waals surface area contributed by atoms with E-state index in [0.717, 1.165) is 25.1 Å². The quantitative estimate of drug-likeness (QED) is 0.894. The monoisotopic (exact) mass is 257 g/mol. The number of aryl methyl sites for hydroxylation is 3.